The summed E-state index contributed by atoms with van der Waals surface area (Å²) in [6, 6.07) is 11.3. The molecule has 0 atom stereocenters. The lowest BCUT2D eigenvalue weighted by Crippen LogP contribution is -2.20. The fourth-order valence-corrected chi connectivity index (χ4v) is 2.20. The molecule has 1 N–H and O–H groups in total. The Balaban J connectivity index is 1.83. The molecule has 2 aromatic carbocycles. The number of anilines is 1. The first-order valence-electron chi connectivity index (χ1n) is 7.81. The van der Waals surface area contributed by atoms with Crippen LogP contribution in [0.4, 0.5) is 11.4 Å². The number of carbonyl (C=O) groups excluding carboxylic acids is 2. The molecule has 0 aliphatic rings. The van der Waals surface area contributed by atoms with Gasteiger partial charge in [0.25, 0.3) is 11.6 Å². The number of esters is 1. The zero-order valence-electron chi connectivity index (χ0n) is 14.4. The highest BCUT2D eigenvalue weighted by Gasteiger charge is 2.08. The zero-order chi connectivity index (χ0) is 19.1. The number of ether oxygens (including phenoxy) is 1. The van der Waals surface area contributed by atoms with E-state index >= 15 is 0 Å². The van der Waals surface area contributed by atoms with Crippen LogP contribution < -0.4 is 5.32 Å². The molecule has 7 nitrogen and oxygen atoms in total. The van der Waals surface area contributed by atoms with Crippen molar-refractivity contribution in [1.29, 1.82) is 0 Å². The van der Waals surface area contributed by atoms with Crippen LogP contribution in [0.15, 0.2) is 48.5 Å². The Morgan fingerprint density at radius 1 is 1.15 bits per heavy atom. The molecule has 7 heteroatoms. The number of carbonyl (C=O) groups is 2. The second-order valence-corrected chi connectivity index (χ2v) is 5.66. The lowest BCUT2D eigenvalue weighted by atomic mass is 10.1. The third-order valence-electron chi connectivity index (χ3n) is 3.52. The van der Waals surface area contributed by atoms with Crippen LogP contribution in [0.2, 0.25) is 0 Å². The topological polar surface area (TPSA) is 98.5 Å². The van der Waals surface area contributed by atoms with Gasteiger partial charge < -0.3 is 10.1 Å². The van der Waals surface area contributed by atoms with E-state index in [1.54, 1.807) is 6.07 Å². The van der Waals surface area contributed by atoms with Crippen LogP contribution in [-0.4, -0.2) is 23.4 Å². The van der Waals surface area contributed by atoms with Crippen LogP contribution >= 0.6 is 0 Å². The molecule has 2 aromatic rings. The number of nitro groups is 1. The highest BCUT2D eigenvalue weighted by molar-refractivity contribution is 5.95. The Morgan fingerprint density at radius 2 is 1.85 bits per heavy atom. The van der Waals surface area contributed by atoms with Crippen molar-refractivity contribution in [2.45, 2.75) is 13.8 Å². The van der Waals surface area contributed by atoms with Gasteiger partial charge in [0, 0.05) is 23.9 Å². The number of rotatable bonds is 6. The number of nitrogens with zero attached hydrogens (tertiary/aromatic N) is 1. The molecule has 0 saturated carbocycles. The molecule has 0 fully saturated rings. The summed E-state index contributed by atoms with van der Waals surface area (Å²) < 4.78 is 4.88. The maximum Gasteiger partial charge on any atom is 0.331 e. The van der Waals surface area contributed by atoms with Crippen LogP contribution in [0.5, 0.6) is 0 Å². The van der Waals surface area contributed by atoms with Crippen molar-refractivity contribution >= 4 is 29.3 Å². The molecule has 0 bridgehead atoms. The standard InChI is InChI=1S/C19H18N2O5/c1-13-3-9-17(14(2)11-13)20-18(22)12-26-19(23)10-6-15-4-7-16(8-5-15)21(24)25/h3-11H,12H2,1-2H3,(H,20,22)/b10-6+. The zero-order valence-corrected chi connectivity index (χ0v) is 14.4. The van der Waals surface area contributed by atoms with E-state index in [-0.39, 0.29) is 5.69 Å². The normalized spacial score (nSPS) is 10.5. The Kier molecular flexibility index (Phi) is 6.21. The van der Waals surface area contributed by atoms with Gasteiger partial charge in [0.15, 0.2) is 6.61 Å². The average Bonchev–Trinajstić information content (AvgIpc) is 2.61. The van der Waals surface area contributed by atoms with E-state index < -0.39 is 23.4 Å². The Bertz CT molecular complexity index is 857. The smallest absolute Gasteiger partial charge is 0.331 e. The molecular weight excluding hydrogens is 336 g/mol. The molecule has 0 aromatic heterocycles. The summed E-state index contributed by atoms with van der Waals surface area (Å²) in [6.07, 6.45) is 2.61. The second-order valence-electron chi connectivity index (χ2n) is 5.66. The highest BCUT2D eigenvalue weighted by atomic mass is 16.6. The fourth-order valence-electron chi connectivity index (χ4n) is 2.20. The Hall–Kier alpha value is -3.48. The molecule has 1 amide bonds. The van der Waals surface area contributed by atoms with Gasteiger partial charge in [-0.2, -0.15) is 0 Å². The first-order valence-corrected chi connectivity index (χ1v) is 7.81. The molecule has 26 heavy (non-hydrogen) atoms. The third kappa shape index (κ3) is 5.55. The molecule has 0 saturated heterocycles. The monoisotopic (exact) mass is 354 g/mol. The van der Waals surface area contributed by atoms with E-state index in [2.05, 4.69) is 5.32 Å². The van der Waals surface area contributed by atoms with Crippen molar-refractivity contribution < 1.29 is 19.2 Å². The van der Waals surface area contributed by atoms with Gasteiger partial charge in [0.1, 0.15) is 0 Å². The van der Waals surface area contributed by atoms with Gasteiger partial charge in [0.2, 0.25) is 0 Å². The summed E-state index contributed by atoms with van der Waals surface area (Å²) in [5.74, 6) is -1.12. The molecule has 0 radical (unpaired) electrons. The summed E-state index contributed by atoms with van der Waals surface area (Å²) in [5, 5.41) is 13.3. The molecule has 2 rings (SSSR count). The van der Waals surface area contributed by atoms with Crippen LogP contribution in [0.1, 0.15) is 16.7 Å². The molecule has 0 aliphatic carbocycles. The van der Waals surface area contributed by atoms with Gasteiger partial charge in [-0.05, 0) is 49.2 Å². The number of aryl methyl sites for hydroxylation is 2. The van der Waals surface area contributed by atoms with Gasteiger partial charge in [-0.25, -0.2) is 4.79 Å². The lowest BCUT2D eigenvalue weighted by Gasteiger charge is -2.09. The van der Waals surface area contributed by atoms with Crippen molar-refractivity contribution in [3.63, 3.8) is 0 Å². The van der Waals surface area contributed by atoms with Gasteiger partial charge in [-0.3, -0.25) is 14.9 Å². The summed E-state index contributed by atoms with van der Waals surface area (Å²) in [4.78, 5) is 33.6. The molecule has 0 aliphatic heterocycles. The van der Waals surface area contributed by atoms with Crippen LogP contribution in [0.25, 0.3) is 6.08 Å². The number of nitrogens with one attached hydrogen (secondary N) is 1. The molecular formula is C19H18N2O5. The maximum atomic E-state index is 11.9. The van der Waals surface area contributed by atoms with Crippen molar-refractivity contribution in [3.8, 4) is 0 Å². The number of hydrogen-bond acceptors (Lipinski definition) is 5. The molecule has 134 valence electrons. The summed E-state index contributed by atoms with van der Waals surface area (Å²) in [7, 11) is 0. The van der Waals surface area contributed by atoms with Gasteiger partial charge in [0.05, 0.1) is 4.92 Å². The van der Waals surface area contributed by atoms with E-state index in [0.29, 0.717) is 11.3 Å². The average molecular weight is 354 g/mol. The Morgan fingerprint density at radius 3 is 2.46 bits per heavy atom. The summed E-state index contributed by atoms with van der Waals surface area (Å²) >= 11 is 0. The molecule has 0 heterocycles. The number of benzene rings is 2. The number of amides is 1. The van der Waals surface area contributed by atoms with Gasteiger partial charge >= 0.3 is 5.97 Å². The Labute approximate surface area is 150 Å². The van der Waals surface area contributed by atoms with Gasteiger partial charge in [-0.15, -0.1) is 0 Å². The second kappa shape index (κ2) is 8.57. The summed E-state index contributed by atoms with van der Waals surface area (Å²) in [5.41, 5.74) is 3.24. The minimum absolute atomic E-state index is 0.0344. The number of nitro benzene ring substituents is 1. The van der Waals surface area contributed by atoms with Crippen LogP contribution in [0.3, 0.4) is 0 Å². The van der Waals surface area contributed by atoms with Crippen molar-refractivity contribution in [2.24, 2.45) is 0 Å². The predicted octanol–water partition coefficient (Wildman–Crippen LogP) is 3.41. The molecule has 0 unspecified atom stereocenters. The number of hydrogen-bond donors (Lipinski definition) is 1. The first kappa shape index (κ1) is 18.9. The maximum absolute atomic E-state index is 11.9. The fraction of sp³-hybridized carbons (Fsp3) is 0.158. The van der Waals surface area contributed by atoms with Crippen LogP contribution in [0, 0.1) is 24.0 Å². The van der Waals surface area contributed by atoms with Crippen LogP contribution in [-0.2, 0) is 14.3 Å². The lowest BCUT2D eigenvalue weighted by molar-refractivity contribution is -0.384. The van der Waals surface area contributed by atoms with Crippen molar-refractivity contribution in [1.82, 2.24) is 0 Å². The quantitative estimate of drug-likeness (QED) is 0.371. The largest absolute Gasteiger partial charge is 0.452 e. The van der Waals surface area contributed by atoms with E-state index in [9.17, 15) is 19.7 Å². The molecule has 0 spiro atoms. The van der Waals surface area contributed by atoms with E-state index in [1.165, 1.54) is 30.3 Å². The van der Waals surface area contributed by atoms with E-state index in [1.807, 2.05) is 26.0 Å². The minimum Gasteiger partial charge on any atom is -0.452 e. The highest BCUT2D eigenvalue weighted by Crippen LogP contribution is 2.16. The third-order valence-corrected chi connectivity index (χ3v) is 3.52. The minimum atomic E-state index is -0.681. The SMILES string of the molecule is Cc1ccc(NC(=O)COC(=O)/C=C/c2ccc([N+](=O)[O-])cc2)c(C)c1. The van der Waals surface area contributed by atoms with E-state index in [0.717, 1.165) is 17.2 Å². The van der Waals surface area contributed by atoms with Gasteiger partial charge in [-0.1, -0.05) is 17.7 Å². The predicted molar refractivity (Wildman–Crippen MR) is 97.6 cm³/mol. The van der Waals surface area contributed by atoms with Crippen molar-refractivity contribution in [2.75, 3.05) is 11.9 Å². The number of non-ortho nitro benzene ring substituents is 1. The first-order chi connectivity index (χ1) is 12.3. The van der Waals surface area contributed by atoms with Crippen molar-refractivity contribution in [3.05, 3.63) is 75.3 Å². The summed E-state index contributed by atoms with van der Waals surface area (Å²) in [6.45, 7) is 3.43. The van der Waals surface area contributed by atoms with E-state index in [4.69, 9.17) is 4.74 Å².